The van der Waals surface area contributed by atoms with Crippen molar-refractivity contribution in [2.75, 3.05) is 0 Å². The number of benzene rings is 1. The van der Waals surface area contributed by atoms with Gasteiger partial charge in [0.1, 0.15) is 5.75 Å². The van der Waals surface area contributed by atoms with Crippen LogP contribution in [0.4, 0.5) is 13.2 Å². The van der Waals surface area contributed by atoms with Crippen molar-refractivity contribution in [3.8, 4) is 5.75 Å². The zero-order valence-corrected chi connectivity index (χ0v) is 7.99. The number of ketones is 1. The van der Waals surface area contributed by atoms with Crippen LogP contribution in [0.25, 0.3) is 6.08 Å². The molecule has 0 fully saturated rings. The van der Waals surface area contributed by atoms with Gasteiger partial charge in [-0.1, -0.05) is 24.3 Å². The lowest BCUT2D eigenvalue weighted by Crippen LogP contribution is -2.37. The summed E-state index contributed by atoms with van der Waals surface area (Å²) in [6, 6.07) is 6.58. The van der Waals surface area contributed by atoms with Crippen molar-refractivity contribution in [3.63, 3.8) is 0 Å². The molecule has 0 spiro atoms. The number of fused-ring (bicyclic) bond motifs is 1. The summed E-state index contributed by atoms with van der Waals surface area (Å²) in [6.45, 7) is 0. The van der Waals surface area contributed by atoms with Crippen LogP contribution in [-0.4, -0.2) is 18.1 Å². The van der Waals surface area contributed by atoms with E-state index in [-0.39, 0.29) is 5.75 Å². The zero-order chi connectivity index (χ0) is 11.8. The summed E-state index contributed by atoms with van der Waals surface area (Å²) < 4.78 is 41.4. The Labute approximate surface area is 89.3 Å². The molecular formula is C11H7F3O2. The van der Waals surface area contributed by atoms with E-state index in [1.54, 1.807) is 18.2 Å². The summed E-state index contributed by atoms with van der Waals surface area (Å²) in [7, 11) is 0. The van der Waals surface area contributed by atoms with Gasteiger partial charge in [0.25, 0.3) is 5.78 Å². The second-order valence-electron chi connectivity index (χ2n) is 3.30. The van der Waals surface area contributed by atoms with Gasteiger partial charge in [-0.05, 0) is 12.1 Å². The summed E-state index contributed by atoms with van der Waals surface area (Å²) in [5.74, 6) is -1.61. The Kier molecular flexibility index (Phi) is 2.46. The Morgan fingerprint density at radius 1 is 1.25 bits per heavy atom. The van der Waals surface area contributed by atoms with E-state index in [4.69, 9.17) is 4.74 Å². The molecule has 1 heterocycles. The molecule has 0 aliphatic carbocycles. The molecule has 5 heteroatoms. The maximum atomic E-state index is 12.1. The SMILES string of the molecule is O=C(C1C=Cc2ccccc2O1)C(F)(F)F. The van der Waals surface area contributed by atoms with E-state index in [0.29, 0.717) is 5.56 Å². The molecule has 2 rings (SSSR count). The molecule has 1 unspecified atom stereocenters. The van der Waals surface area contributed by atoms with Gasteiger partial charge in [-0.15, -0.1) is 0 Å². The maximum Gasteiger partial charge on any atom is 0.454 e. The first-order chi connectivity index (χ1) is 7.48. The van der Waals surface area contributed by atoms with E-state index in [1.807, 2.05) is 0 Å². The highest BCUT2D eigenvalue weighted by Gasteiger charge is 2.44. The maximum absolute atomic E-state index is 12.1. The van der Waals surface area contributed by atoms with Crippen LogP contribution >= 0.6 is 0 Å². The number of rotatable bonds is 1. The highest BCUT2D eigenvalue weighted by atomic mass is 19.4. The first-order valence-electron chi connectivity index (χ1n) is 4.53. The Morgan fingerprint density at radius 3 is 2.62 bits per heavy atom. The van der Waals surface area contributed by atoms with E-state index >= 15 is 0 Å². The summed E-state index contributed by atoms with van der Waals surface area (Å²) in [6.07, 6.45) is -3.89. The highest BCUT2D eigenvalue weighted by molar-refractivity contribution is 5.91. The minimum absolute atomic E-state index is 0.285. The second-order valence-corrected chi connectivity index (χ2v) is 3.30. The minimum atomic E-state index is -4.87. The van der Waals surface area contributed by atoms with Gasteiger partial charge in [0, 0.05) is 5.56 Å². The predicted octanol–water partition coefficient (Wildman–Crippen LogP) is 2.59. The first kappa shape index (κ1) is 10.7. The third-order valence-corrected chi connectivity index (χ3v) is 2.16. The number of Topliss-reactive ketones (excluding diaryl/α,β-unsaturated/α-hetero) is 1. The monoisotopic (exact) mass is 228 g/mol. The molecule has 0 amide bonds. The molecule has 1 atom stereocenters. The molecule has 0 saturated carbocycles. The highest BCUT2D eigenvalue weighted by Crippen LogP contribution is 2.28. The predicted molar refractivity (Wildman–Crippen MR) is 51.0 cm³/mol. The van der Waals surface area contributed by atoms with Gasteiger partial charge in [0.2, 0.25) is 0 Å². The van der Waals surface area contributed by atoms with Gasteiger partial charge in [0.15, 0.2) is 6.10 Å². The number of alkyl halides is 3. The Morgan fingerprint density at radius 2 is 1.94 bits per heavy atom. The fraction of sp³-hybridized carbons (Fsp3) is 0.182. The van der Waals surface area contributed by atoms with Gasteiger partial charge >= 0.3 is 6.18 Å². The second kappa shape index (κ2) is 3.66. The number of carbonyl (C=O) groups is 1. The lowest BCUT2D eigenvalue weighted by Gasteiger charge is -2.20. The molecule has 0 radical (unpaired) electrons. The molecule has 1 aromatic rings. The quantitative estimate of drug-likeness (QED) is 0.738. The van der Waals surface area contributed by atoms with E-state index in [1.165, 1.54) is 12.1 Å². The van der Waals surface area contributed by atoms with Crippen LogP contribution in [-0.2, 0) is 4.79 Å². The van der Waals surface area contributed by atoms with Gasteiger partial charge in [-0.2, -0.15) is 13.2 Å². The standard InChI is InChI=1S/C11H7F3O2/c12-11(13,14)10(15)9-6-5-7-3-1-2-4-8(7)16-9/h1-6,9H. The summed E-state index contributed by atoms with van der Waals surface area (Å²) in [5.41, 5.74) is 0.661. The van der Waals surface area contributed by atoms with Crippen LogP contribution in [0.3, 0.4) is 0 Å². The molecule has 1 aromatic carbocycles. The Balaban J connectivity index is 2.24. The van der Waals surface area contributed by atoms with Crippen LogP contribution < -0.4 is 4.74 Å². The zero-order valence-electron chi connectivity index (χ0n) is 7.99. The van der Waals surface area contributed by atoms with Crippen molar-refractivity contribution < 1.29 is 22.7 Å². The Bertz CT molecular complexity index is 449. The smallest absolute Gasteiger partial charge is 0.454 e. The van der Waals surface area contributed by atoms with Gasteiger partial charge in [0.05, 0.1) is 0 Å². The number of hydrogen-bond acceptors (Lipinski definition) is 2. The third kappa shape index (κ3) is 1.93. The molecular weight excluding hydrogens is 221 g/mol. The van der Waals surface area contributed by atoms with E-state index < -0.39 is 18.1 Å². The normalized spacial score (nSPS) is 18.8. The minimum Gasteiger partial charge on any atom is -0.478 e. The van der Waals surface area contributed by atoms with Gasteiger partial charge in [-0.25, -0.2) is 0 Å². The number of ether oxygens (including phenoxy) is 1. The van der Waals surface area contributed by atoms with Crippen LogP contribution in [0.15, 0.2) is 30.3 Å². The van der Waals surface area contributed by atoms with E-state index in [9.17, 15) is 18.0 Å². The van der Waals surface area contributed by atoms with Crippen LogP contribution in [0.1, 0.15) is 5.56 Å². The molecule has 0 bridgehead atoms. The van der Waals surface area contributed by atoms with Gasteiger partial charge in [-0.3, -0.25) is 4.79 Å². The molecule has 1 aliphatic rings. The average Bonchev–Trinajstić information content (AvgIpc) is 2.26. The largest absolute Gasteiger partial charge is 0.478 e. The lowest BCUT2D eigenvalue weighted by atomic mass is 10.1. The fourth-order valence-corrected chi connectivity index (χ4v) is 1.39. The molecule has 0 saturated heterocycles. The number of para-hydroxylation sites is 1. The van der Waals surface area contributed by atoms with E-state index in [0.717, 1.165) is 6.08 Å². The van der Waals surface area contributed by atoms with Crippen molar-refractivity contribution in [1.29, 1.82) is 0 Å². The molecule has 2 nitrogen and oxygen atoms in total. The van der Waals surface area contributed by atoms with Crippen molar-refractivity contribution >= 4 is 11.9 Å². The average molecular weight is 228 g/mol. The van der Waals surface area contributed by atoms with Crippen molar-refractivity contribution in [2.45, 2.75) is 12.3 Å². The number of halogens is 3. The van der Waals surface area contributed by atoms with Crippen LogP contribution in [0.5, 0.6) is 5.75 Å². The molecule has 0 aromatic heterocycles. The van der Waals surface area contributed by atoms with Crippen molar-refractivity contribution in [1.82, 2.24) is 0 Å². The molecule has 84 valence electrons. The summed E-state index contributed by atoms with van der Waals surface area (Å²) >= 11 is 0. The summed E-state index contributed by atoms with van der Waals surface area (Å²) in [5, 5.41) is 0. The van der Waals surface area contributed by atoms with Crippen LogP contribution in [0, 0.1) is 0 Å². The fourth-order valence-electron chi connectivity index (χ4n) is 1.39. The lowest BCUT2D eigenvalue weighted by molar-refractivity contribution is -0.176. The van der Waals surface area contributed by atoms with Crippen molar-refractivity contribution in [3.05, 3.63) is 35.9 Å². The number of hydrogen-bond donors (Lipinski definition) is 0. The van der Waals surface area contributed by atoms with E-state index in [2.05, 4.69) is 0 Å². The van der Waals surface area contributed by atoms with Crippen molar-refractivity contribution in [2.24, 2.45) is 0 Å². The topological polar surface area (TPSA) is 26.3 Å². The van der Waals surface area contributed by atoms with Gasteiger partial charge < -0.3 is 4.74 Å². The third-order valence-electron chi connectivity index (χ3n) is 2.16. The number of carbonyl (C=O) groups excluding carboxylic acids is 1. The Hall–Kier alpha value is -1.78. The molecule has 0 N–H and O–H groups in total. The first-order valence-corrected chi connectivity index (χ1v) is 4.53. The molecule has 16 heavy (non-hydrogen) atoms. The summed E-state index contributed by atoms with van der Waals surface area (Å²) in [4.78, 5) is 10.9. The molecule has 1 aliphatic heterocycles. The van der Waals surface area contributed by atoms with Crippen LogP contribution in [0.2, 0.25) is 0 Å².